The molecule has 0 aliphatic rings. The van der Waals surface area contributed by atoms with Gasteiger partial charge < -0.3 is 10.1 Å². The maximum Gasteiger partial charge on any atom is 0.490 e. The predicted molar refractivity (Wildman–Crippen MR) is 71.5 cm³/mol. The van der Waals surface area contributed by atoms with Crippen molar-refractivity contribution >= 4 is 17.6 Å². The van der Waals surface area contributed by atoms with Gasteiger partial charge in [0, 0.05) is 17.5 Å². The van der Waals surface area contributed by atoms with Gasteiger partial charge in [0.05, 0.1) is 17.8 Å². The Balaban J connectivity index is 1.95. The van der Waals surface area contributed by atoms with Crippen LogP contribution in [-0.2, 0) is 6.54 Å². The van der Waals surface area contributed by atoms with Gasteiger partial charge in [-0.1, -0.05) is 4.98 Å². The van der Waals surface area contributed by atoms with Gasteiger partial charge in [-0.15, -0.1) is 0 Å². The molecule has 10 nitrogen and oxygen atoms in total. The zero-order chi connectivity index (χ0) is 15.2. The van der Waals surface area contributed by atoms with E-state index in [0.717, 1.165) is 0 Å². The van der Waals surface area contributed by atoms with E-state index < -0.39 is 16.8 Å². The van der Waals surface area contributed by atoms with Crippen LogP contribution in [0, 0.1) is 10.1 Å². The molecule has 0 atom stereocenters. The highest BCUT2D eigenvalue weighted by Gasteiger charge is 2.13. The fraction of sp³-hybridized carbons (Fsp3) is 0.182. The molecule has 0 bridgehead atoms. The molecule has 108 valence electrons. The van der Waals surface area contributed by atoms with Crippen molar-refractivity contribution in [3.8, 4) is 0 Å². The van der Waals surface area contributed by atoms with Crippen LogP contribution in [0.5, 0.6) is 0 Å². The van der Waals surface area contributed by atoms with Crippen LogP contribution in [0.4, 0.5) is 5.95 Å². The first-order valence-corrected chi connectivity index (χ1v) is 5.83. The number of hydrogen-bond donors (Lipinski definition) is 1. The number of nitrogens with zero attached hydrogens (tertiary/aromatic N) is 6. The summed E-state index contributed by atoms with van der Waals surface area (Å²) >= 11 is 0. The Hall–Kier alpha value is -3.17. The SMILES string of the molecule is C/C(Cn1cnc([N+](=O)[O-])n1)=N/NC(=O)c1cccnc1. The lowest BCUT2D eigenvalue weighted by atomic mass is 10.3. The minimum Gasteiger partial charge on any atom is -0.390 e. The summed E-state index contributed by atoms with van der Waals surface area (Å²) in [6.07, 6.45) is 4.20. The Morgan fingerprint density at radius 2 is 2.38 bits per heavy atom. The highest BCUT2D eigenvalue weighted by Crippen LogP contribution is 2.00. The summed E-state index contributed by atoms with van der Waals surface area (Å²) in [6, 6.07) is 3.24. The monoisotopic (exact) mass is 289 g/mol. The first-order chi connectivity index (χ1) is 10.1. The quantitative estimate of drug-likeness (QED) is 0.481. The third-order valence-corrected chi connectivity index (χ3v) is 2.35. The van der Waals surface area contributed by atoms with Crippen molar-refractivity contribution in [3.63, 3.8) is 0 Å². The zero-order valence-electron chi connectivity index (χ0n) is 11.0. The van der Waals surface area contributed by atoms with Crippen LogP contribution in [-0.4, -0.2) is 36.3 Å². The third kappa shape index (κ3) is 3.89. The molecule has 2 aromatic rings. The van der Waals surface area contributed by atoms with Crippen LogP contribution < -0.4 is 5.43 Å². The molecule has 0 fully saturated rings. The highest BCUT2D eigenvalue weighted by atomic mass is 16.6. The first kappa shape index (κ1) is 14.2. The topological polar surface area (TPSA) is 128 Å². The van der Waals surface area contributed by atoms with E-state index in [1.165, 1.54) is 17.2 Å². The van der Waals surface area contributed by atoms with Crippen LogP contribution in [0.1, 0.15) is 17.3 Å². The molecule has 0 spiro atoms. The Labute approximate surface area is 118 Å². The van der Waals surface area contributed by atoms with Crippen LogP contribution in [0.25, 0.3) is 0 Å². The van der Waals surface area contributed by atoms with Gasteiger partial charge in [0.15, 0.2) is 0 Å². The maximum atomic E-state index is 11.7. The summed E-state index contributed by atoms with van der Waals surface area (Å²) in [7, 11) is 0. The number of hydrazone groups is 1. The van der Waals surface area contributed by atoms with Crippen LogP contribution >= 0.6 is 0 Å². The molecular weight excluding hydrogens is 278 g/mol. The normalized spacial score (nSPS) is 11.2. The Bertz CT molecular complexity index is 680. The molecule has 0 aromatic carbocycles. The zero-order valence-corrected chi connectivity index (χ0v) is 11.0. The smallest absolute Gasteiger partial charge is 0.390 e. The number of nitrogens with one attached hydrogen (secondary N) is 1. The standard InChI is InChI=1S/C11H11N7O3/c1-8(6-17-7-13-11(16-17)18(20)21)14-15-10(19)9-3-2-4-12-5-9/h2-5,7H,6H2,1H3,(H,15,19)/b14-8-. The van der Waals surface area contributed by atoms with Crippen molar-refractivity contribution < 1.29 is 9.72 Å². The third-order valence-electron chi connectivity index (χ3n) is 2.35. The minimum absolute atomic E-state index is 0.175. The molecule has 0 aliphatic heterocycles. The van der Waals surface area contributed by atoms with Gasteiger partial charge in [0.1, 0.15) is 0 Å². The van der Waals surface area contributed by atoms with Crippen molar-refractivity contribution in [3.05, 3.63) is 46.5 Å². The Morgan fingerprint density at radius 3 is 3.00 bits per heavy atom. The number of pyridine rings is 1. The number of hydrogen-bond acceptors (Lipinski definition) is 7. The average molecular weight is 289 g/mol. The molecule has 1 amide bonds. The Morgan fingerprint density at radius 1 is 1.57 bits per heavy atom. The molecule has 2 rings (SSSR count). The second-order valence-electron chi connectivity index (χ2n) is 4.03. The molecule has 0 unspecified atom stereocenters. The molecule has 2 heterocycles. The van der Waals surface area contributed by atoms with Gasteiger partial charge in [-0.05, 0) is 24.0 Å². The Kier molecular flexibility index (Phi) is 4.29. The van der Waals surface area contributed by atoms with E-state index >= 15 is 0 Å². The van der Waals surface area contributed by atoms with E-state index in [1.54, 1.807) is 25.3 Å². The minimum atomic E-state index is -0.687. The van der Waals surface area contributed by atoms with E-state index in [2.05, 4.69) is 25.6 Å². The summed E-state index contributed by atoms with van der Waals surface area (Å²) in [4.78, 5) is 28.8. The van der Waals surface area contributed by atoms with Gasteiger partial charge in [-0.2, -0.15) is 9.78 Å². The molecule has 10 heteroatoms. The lowest BCUT2D eigenvalue weighted by molar-refractivity contribution is -0.394. The second kappa shape index (κ2) is 6.32. The van der Waals surface area contributed by atoms with E-state index in [-0.39, 0.29) is 6.54 Å². The van der Waals surface area contributed by atoms with Crippen LogP contribution in [0.2, 0.25) is 0 Å². The van der Waals surface area contributed by atoms with Crippen molar-refractivity contribution in [2.24, 2.45) is 5.10 Å². The number of amides is 1. The van der Waals surface area contributed by atoms with E-state index in [9.17, 15) is 14.9 Å². The summed E-state index contributed by atoms with van der Waals surface area (Å²) in [5.74, 6) is -0.880. The molecule has 1 N–H and O–H groups in total. The van der Waals surface area contributed by atoms with Crippen molar-refractivity contribution in [1.29, 1.82) is 0 Å². The lowest BCUT2D eigenvalue weighted by Crippen LogP contribution is -2.20. The van der Waals surface area contributed by atoms with Gasteiger partial charge in [0.25, 0.3) is 5.91 Å². The maximum absolute atomic E-state index is 11.7. The predicted octanol–water partition coefficient (Wildman–Crippen LogP) is 0.387. The van der Waals surface area contributed by atoms with Gasteiger partial charge in [-0.3, -0.25) is 9.78 Å². The number of rotatable bonds is 5. The van der Waals surface area contributed by atoms with E-state index in [4.69, 9.17) is 0 Å². The molecule has 21 heavy (non-hydrogen) atoms. The van der Waals surface area contributed by atoms with Crippen molar-refractivity contribution in [2.45, 2.75) is 13.5 Å². The van der Waals surface area contributed by atoms with Crippen molar-refractivity contribution in [2.75, 3.05) is 0 Å². The summed E-state index contributed by atoms with van der Waals surface area (Å²) in [5, 5.41) is 18.0. The van der Waals surface area contributed by atoms with Crippen LogP contribution in [0.3, 0.4) is 0 Å². The molecule has 0 saturated heterocycles. The van der Waals surface area contributed by atoms with Gasteiger partial charge >= 0.3 is 5.95 Å². The van der Waals surface area contributed by atoms with E-state index in [1.807, 2.05) is 0 Å². The summed E-state index contributed by atoms with van der Waals surface area (Å²) in [5.41, 5.74) is 3.25. The number of carbonyl (C=O) groups is 1. The number of carbonyl (C=O) groups excluding carboxylic acids is 1. The summed E-state index contributed by atoms with van der Waals surface area (Å²) in [6.45, 7) is 1.82. The fourth-order valence-corrected chi connectivity index (χ4v) is 1.42. The van der Waals surface area contributed by atoms with Gasteiger partial charge in [0.2, 0.25) is 6.33 Å². The second-order valence-corrected chi connectivity index (χ2v) is 4.03. The molecular formula is C11H11N7O3. The lowest BCUT2D eigenvalue weighted by Gasteiger charge is -2.01. The van der Waals surface area contributed by atoms with Crippen molar-refractivity contribution in [1.82, 2.24) is 25.2 Å². The van der Waals surface area contributed by atoms with E-state index in [0.29, 0.717) is 11.3 Å². The molecule has 2 aromatic heterocycles. The van der Waals surface area contributed by atoms with Gasteiger partial charge in [-0.25, -0.2) is 5.43 Å². The largest absolute Gasteiger partial charge is 0.490 e. The number of nitro groups is 1. The molecule has 0 saturated carbocycles. The highest BCUT2D eigenvalue weighted by molar-refractivity contribution is 5.94. The molecule has 0 aliphatic carbocycles. The average Bonchev–Trinajstić information content (AvgIpc) is 2.94. The van der Waals surface area contributed by atoms with Crippen LogP contribution in [0.15, 0.2) is 36.0 Å². The first-order valence-electron chi connectivity index (χ1n) is 5.83. The number of aromatic nitrogens is 4. The molecule has 0 radical (unpaired) electrons. The summed E-state index contributed by atoms with van der Waals surface area (Å²) < 4.78 is 1.26. The fourth-order valence-electron chi connectivity index (χ4n) is 1.42.